The van der Waals surface area contributed by atoms with Gasteiger partial charge in [-0.15, -0.1) is 0 Å². The minimum Gasteiger partial charge on any atom is -0.503 e. The van der Waals surface area contributed by atoms with E-state index in [-0.39, 0.29) is 23.6 Å². The quantitative estimate of drug-likeness (QED) is 0.378. The van der Waals surface area contributed by atoms with E-state index >= 15 is 0 Å². The van der Waals surface area contributed by atoms with Crippen LogP contribution in [-0.2, 0) is 11.3 Å². The van der Waals surface area contributed by atoms with Crippen LogP contribution in [0.1, 0.15) is 27.7 Å². The standard InChI is InChI=1S/C21H15N3O6/c25-19(16-7-3-9-30-16)17-18(14-5-1-6-15(10-14)24(28)29)23(21(27)20(17)26)12-13-4-2-8-22-11-13/h1-11,18,26H,12H2/t18-/m1/s1. The van der Waals surface area contributed by atoms with Gasteiger partial charge >= 0.3 is 0 Å². The Morgan fingerprint density at radius 3 is 2.73 bits per heavy atom. The zero-order chi connectivity index (χ0) is 21.3. The first-order valence-electron chi connectivity index (χ1n) is 8.93. The van der Waals surface area contributed by atoms with Gasteiger partial charge in [0.15, 0.2) is 11.5 Å². The molecule has 2 aromatic heterocycles. The summed E-state index contributed by atoms with van der Waals surface area (Å²) in [5.41, 5.74) is 0.595. The van der Waals surface area contributed by atoms with E-state index in [9.17, 15) is 24.8 Å². The van der Waals surface area contributed by atoms with Crippen molar-refractivity contribution in [2.45, 2.75) is 12.6 Å². The highest BCUT2D eigenvalue weighted by molar-refractivity contribution is 6.15. The maximum atomic E-state index is 13.0. The number of aliphatic hydroxyl groups is 1. The molecule has 0 unspecified atom stereocenters. The number of carbonyl (C=O) groups excluding carboxylic acids is 2. The number of carbonyl (C=O) groups is 2. The first-order chi connectivity index (χ1) is 14.5. The minimum absolute atomic E-state index is 0.0407. The fraction of sp³-hybridized carbons (Fsp3) is 0.0952. The van der Waals surface area contributed by atoms with Crippen molar-refractivity contribution in [1.82, 2.24) is 9.88 Å². The van der Waals surface area contributed by atoms with E-state index in [2.05, 4.69) is 4.98 Å². The Kier molecular flexibility index (Phi) is 4.85. The molecule has 1 aliphatic heterocycles. The second-order valence-electron chi connectivity index (χ2n) is 6.62. The Morgan fingerprint density at radius 1 is 1.23 bits per heavy atom. The largest absolute Gasteiger partial charge is 0.503 e. The summed E-state index contributed by atoms with van der Waals surface area (Å²) in [5.74, 6) is -2.19. The third kappa shape index (κ3) is 3.32. The summed E-state index contributed by atoms with van der Waals surface area (Å²) in [5, 5.41) is 21.8. The highest BCUT2D eigenvalue weighted by Crippen LogP contribution is 2.40. The second-order valence-corrected chi connectivity index (χ2v) is 6.62. The minimum atomic E-state index is -1.03. The maximum Gasteiger partial charge on any atom is 0.290 e. The number of nitro benzene ring substituents is 1. The van der Waals surface area contributed by atoms with Crippen molar-refractivity contribution in [2.24, 2.45) is 0 Å². The molecule has 9 heteroatoms. The van der Waals surface area contributed by atoms with E-state index < -0.39 is 28.4 Å². The molecular formula is C21H15N3O6. The zero-order valence-corrected chi connectivity index (χ0v) is 15.5. The van der Waals surface area contributed by atoms with E-state index in [1.165, 1.54) is 41.5 Å². The van der Waals surface area contributed by atoms with Crippen LogP contribution < -0.4 is 0 Å². The molecule has 0 bridgehead atoms. The third-order valence-corrected chi connectivity index (χ3v) is 4.77. The fourth-order valence-corrected chi connectivity index (χ4v) is 3.43. The molecule has 0 radical (unpaired) electrons. The van der Waals surface area contributed by atoms with E-state index in [1.807, 2.05) is 0 Å². The molecule has 0 spiro atoms. The number of aliphatic hydroxyl groups excluding tert-OH is 1. The van der Waals surface area contributed by atoms with Gasteiger partial charge in [0.1, 0.15) is 0 Å². The van der Waals surface area contributed by atoms with Crippen LogP contribution in [0.3, 0.4) is 0 Å². The number of hydrogen-bond acceptors (Lipinski definition) is 7. The molecule has 150 valence electrons. The second kappa shape index (κ2) is 7.63. The van der Waals surface area contributed by atoms with Gasteiger partial charge in [-0.1, -0.05) is 18.2 Å². The van der Waals surface area contributed by atoms with Gasteiger partial charge in [0.2, 0.25) is 5.78 Å². The van der Waals surface area contributed by atoms with Gasteiger partial charge in [-0.3, -0.25) is 24.7 Å². The van der Waals surface area contributed by atoms with Crippen molar-refractivity contribution in [3.8, 4) is 0 Å². The fourth-order valence-electron chi connectivity index (χ4n) is 3.43. The SMILES string of the molecule is O=C(C1=C(O)C(=O)N(Cc2cccnc2)[C@@H]1c1cccc([N+](=O)[O-])c1)c1ccco1. The highest BCUT2D eigenvalue weighted by atomic mass is 16.6. The lowest BCUT2D eigenvalue weighted by Gasteiger charge is -2.26. The summed E-state index contributed by atoms with van der Waals surface area (Å²) in [6.45, 7) is 0.0407. The summed E-state index contributed by atoms with van der Waals surface area (Å²) in [4.78, 5) is 41.9. The van der Waals surface area contributed by atoms with Crippen molar-refractivity contribution in [1.29, 1.82) is 0 Å². The Morgan fingerprint density at radius 2 is 2.07 bits per heavy atom. The van der Waals surface area contributed by atoms with Crippen LogP contribution in [0.2, 0.25) is 0 Å². The smallest absolute Gasteiger partial charge is 0.290 e. The number of furan rings is 1. The lowest BCUT2D eigenvalue weighted by molar-refractivity contribution is -0.384. The number of non-ortho nitro benzene ring substituents is 1. The average Bonchev–Trinajstić information content (AvgIpc) is 3.37. The number of rotatable bonds is 6. The predicted octanol–water partition coefficient (Wildman–Crippen LogP) is 3.36. The molecule has 0 saturated carbocycles. The summed E-state index contributed by atoms with van der Waals surface area (Å²) >= 11 is 0. The van der Waals surface area contributed by atoms with E-state index in [4.69, 9.17) is 4.42 Å². The topological polar surface area (TPSA) is 127 Å². The molecule has 0 fully saturated rings. The molecule has 3 aromatic rings. The van der Waals surface area contributed by atoms with Crippen LogP contribution in [0.15, 0.2) is 82.9 Å². The molecule has 1 atom stereocenters. The van der Waals surface area contributed by atoms with Crippen molar-refractivity contribution in [3.05, 3.63) is 106 Å². The first-order valence-corrected chi connectivity index (χ1v) is 8.93. The van der Waals surface area contributed by atoms with Crippen LogP contribution >= 0.6 is 0 Å². The number of benzene rings is 1. The highest BCUT2D eigenvalue weighted by Gasteiger charge is 2.44. The summed E-state index contributed by atoms with van der Waals surface area (Å²) in [7, 11) is 0. The molecule has 0 saturated heterocycles. The van der Waals surface area contributed by atoms with Crippen molar-refractivity contribution in [3.63, 3.8) is 0 Å². The summed E-state index contributed by atoms with van der Waals surface area (Å²) < 4.78 is 5.15. The zero-order valence-electron chi connectivity index (χ0n) is 15.5. The number of Topliss-reactive ketones (excluding diaryl/α,β-unsaturated/α-hetero) is 1. The van der Waals surface area contributed by atoms with Crippen molar-refractivity contribution < 1.29 is 24.0 Å². The Balaban J connectivity index is 1.83. The van der Waals surface area contributed by atoms with Gasteiger partial charge in [0.05, 0.1) is 22.8 Å². The number of nitrogens with zero attached hydrogens (tertiary/aromatic N) is 3. The molecule has 9 nitrogen and oxygen atoms in total. The molecule has 0 aliphatic carbocycles. The summed E-state index contributed by atoms with van der Waals surface area (Å²) in [6, 6.07) is 11.0. The molecule has 3 heterocycles. The normalized spacial score (nSPS) is 16.2. The third-order valence-electron chi connectivity index (χ3n) is 4.77. The number of pyridine rings is 1. The molecule has 1 amide bonds. The number of ketones is 1. The molecule has 1 aromatic carbocycles. The number of aromatic nitrogens is 1. The van der Waals surface area contributed by atoms with Gasteiger partial charge in [-0.2, -0.15) is 0 Å². The lowest BCUT2D eigenvalue weighted by atomic mass is 9.94. The Labute approximate surface area is 170 Å². The van der Waals surface area contributed by atoms with E-state index in [0.717, 1.165) is 0 Å². The van der Waals surface area contributed by atoms with Gasteiger partial charge in [0.25, 0.3) is 11.6 Å². The van der Waals surface area contributed by atoms with Crippen LogP contribution in [0.5, 0.6) is 0 Å². The molecule has 1 aliphatic rings. The van der Waals surface area contributed by atoms with E-state index in [1.54, 1.807) is 30.6 Å². The predicted molar refractivity (Wildman–Crippen MR) is 103 cm³/mol. The van der Waals surface area contributed by atoms with Crippen LogP contribution in [0.25, 0.3) is 0 Å². The number of amides is 1. The molecular weight excluding hydrogens is 390 g/mol. The van der Waals surface area contributed by atoms with Crippen LogP contribution in [0.4, 0.5) is 5.69 Å². The Bertz CT molecular complexity index is 1150. The van der Waals surface area contributed by atoms with Gasteiger partial charge in [-0.25, -0.2) is 0 Å². The van der Waals surface area contributed by atoms with Crippen molar-refractivity contribution >= 4 is 17.4 Å². The van der Waals surface area contributed by atoms with Crippen molar-refractivity contribution in [2.75, 3.05) is 0 Å². The van der Waals surface area contributed by atoms with Crippen LogP contribution in [0, 0.1) is 10.1 Å². The first kappa shape index (κ1) is 19.1. The van der Waals surface area contributed by atoms with Gasteiger partial charge in [0, 0.05) is 31.1 Å². The number of hydrogen-bond donors (Lipinski definition) is 1. The summed E-state index contributed by atoms with van der Waals surface area (Å²) in [6.07, 6.45) is 4.44. The number of nitro groups is 1. The van der Waals surface area contributed by atoms with Gasteiger partial charge in [-0.05, 0) is 29.3 Å². The maximum absolute atomic E-state index is 13.0. The van der Waals surface area contributed by atoms with Crippen LogP contribution in [-0.4, -0.2) is 31.6 Å². The molecule has 1 N–H and O–H groups in total. The lowest BCUT2D eigenvalue weighted by Crippen LogP contribution is -2.30. The monoisotopic (exact) mass is 405 g/mol. The molecule has 30 heavy (non-hydrogen) atoms. The van der Waals surface area contributed by atoms with E-state index in [0.29, 0.717) is 11.1 Å². The molecule has 4 rings (SSSR count). The average molecular weight is 405 g/mol. The Hall–Kier alpha value is -4.27. The van der Waals surface area contributed by atoms with Gasteiger partial charge < -0.3 is 14.4 Å².